The molecule has 1 aromatic carbocycles. The Balaban J connectivity index is 1.49. The first kappa shape index (κ1) is 12.9. The van der Waals surface area contributed by atoms with Crippen LogP contribution in [0.5, 0.6) is 0 Å². The maximum absolute atomic E-state index is 6.06. The van der Waals surface area contributed by atoms with Gasteiger partial charge in [-0.2, -0.15) is 0 Å². The minimum Gasteiger partial charge on any atom is -0.381 e. The Morgan fingerprint density at radius 2 is 2.12 bits per heavy atom. The maximum atomic E-state index is 6.06. The van der Waals surface area contributed by atoms with Crippen LogP contribution in [0.2, 0.25) is 5.02 Å². The van der Waals surface area contributed by atoms with Gasteiger partial charge in [0.25, 0.3) is 0 Å². The van der Waals surface area contributed by atoms with Crippen LogP contribution in [-0.4, -0.2) is 19.8 Å². The lowest BCUT2D eigenvalue weighted by molar-refractivity contribution is 0.122. The second-order valence-corrected chi connectivity index (χ2v) is 5.05. The molecule has 0 heterocycles. The first-order valence-corrected chi connectivity index (χ1v) is 6.76. The van der Waals surface area contributed by atoms with E-state index in [1.54, 1.807) is 0 Å². The molecule has 0 unspecified atom stereocenters. The number of ether oxygens (including phenoxy) is 1. The Bertz CT molecular complexity index is 339. The molecule has 1 saturated carbocycles. The van der Waals surface area contributed by atoms with E-state index in [4.69, 9.17) is 16.3 Å². The smallest absolute Gasteiger partial charge is 0.0494 e. The van der Waals surface area contributed by atoms with Crippen LogP contribution in [0.4, 0.5) is 0 Å². The third-order valence-electron chi connectivity index (χ3n) is 2.97. The largest absolute Gasteiger partial charge is 0.381 e. The molecule has 2 nitrogen and oxygen atoms in total. The number of rotatable bonds is 8. The van der Waals surface area contributed by atoms with E-state index in [1.165, 1.54) is 12.8 Å². The lowest BCUT2D eigenvalue weighted by atomic mass is 10.2. The molecule has 1 fully saturated rings. The Morgan fingerprint density at radius 3 is 2.88 bits per heavy atom. The van der Waals surface area contributed by atoms with Crippen LogP contribution in [-0.2, 0) is 11.3 Å². The van der Waals surface area contributed by atoms with E-state index >= 15 is 0 Å². The summed E-state index contributed by atoms with van der Waals surface area (Å²) in [6.07, 6.45) is 3.80. The number of hydrogen-bond acceptors (Lipinski definition) is 2. The van der Waals surface area contributed by atoms with E-state index in [9.17, 15) is 0 Å². The van der Waals surface area contributed by atoms with Crippen molar-refractivity contribution < 1.29 is 4.74 Å². The van der Waals surface area contributed by atoms with Crippen LogP contribution in [0.25, 0.3) is 0 Å². The number of benzene rings is 1. The van der Waals surface area contributed by atoms with Gasteiger partial charge in [0.1, 0.15) is 0 Å². The molecule has 0 aliphatic heterocycles. The van der Waals surface area contributed by atoms with E-state index in [2.05, 4.69) is 11.4 Å². The van der Waals surface area contributed by atoms with Gasteiger partial charge in [-0.25, -0.2) is 0 Å². The van der Waals surface area contributed by atoms with Crippen molar-refractivity contribution in [3.8, 4) is 0 Å². The molecule has 17 heavy (non-hydrogen) atoms. The molecule has 0 amide bonds. The summed E-state index contributed by atoms with van der Waals surface area (Å²) < 4.78 is 5.57. The van der Waals surface area contributed by atoms with Crippen LogP contribution in [0.3, 0.4) is 0 Å². The first-order chi connectivity index (χ1) is 8.36. The van der Waals surface area contributed by atoms with Crippen molar-refractivity contribution in [2.75, 3.05) is 19.8 Å². The summed E-state index contributed by atoms with van der Waals surface area (Å²) in [5, 5.41) is 4.22. The standard InChI is InChI=1S/C14H20ClNO/c15-14-5-2-1-4-13(14)10-16-8-3-9-17-11-12-6-7-12/h1-2,4-5,12,16H,3,6-11H2. The SMILES string of the molecule is Clc1ccccc1CNCCCOCC1CC1. The van der Waals surface area contributed by atoms with Gasteiger partial charge in [0.15, 0.2) is 0 Å². The molecule has 0 spiro atoms. The van der Waals surface area contributed by atoms with Crippen LogP contribution in [0.15, 0.2) is 24.3 Å². The van der Waals surface area contributed by atoms with Gasteiger partial charge in [-0.05, 0) is 43.4 Å². The summed E-state index contributed by atoms with van der Waals surface area (Å²) >= 11 is 6.06. The highest BCUT2D eigenvalue weighted by Gasteiger charge is 2.20. The van der Waals surface area contributed by atoms with E-state index in [-0.39, 0.29) is 0 Å². The highest BCUT2D eigenvalue weighted by atomic mass is 35.5. The zero-order chi connectivity index (χ0) is 11.9. The van der Waals surface area contributed by atoms with E-state index in [0.29, 0.717) is 0 Å². The maximum Gasteiger partial charge on any atom is 0.0494 e. The van der Waals surface area contributed by atoms with Crippen molar-refractivity contribution in [2.45, 2.75) is 25.8 Å². The van der Waals surface area contributed by atoms with E-state index < -0.39 is 0 Å². The van der Waals surface area contributed by atoms with Crippen molar-refractivity contribution in [3.63, 3.8) is 0 Å². The lowest BCUT2D eigenvalue weighted by Gasteiger charge is -2.07. The summed E-state index contributed by atoms with van der Waals surface area (Å²) in [7, 11) is 0. The Labute approximate surface area is 108 Å². The fourth-order valence-electron chi connectivity index (χ4n) is 1.70. The summed E-state index contributed by atoms with van der Waals surface area (Å²) in [4.78, 5) is 0. The molecule has 1 aliphatic rings. The average Bonchev–Trinajstić information content (AvgIpc) is 3.14. The summed E-state index contributed by atoms with van der Waals surface area (Å²) in [6.45, 7) is 3.65. The molecule has 1 N–H and O–H groups in total. The predicted octanol–water partition coefficient (Wildman–Crippen LogP) is 3.25. The minimum absolute atomic E-state index is 0.836. The third-order valence-corrected chi connectivity index (χ3v) is 3.33. The highest BCUT2D eigenvalue weighted by Crippen LogP contribution is 2.28. The highest BCUT2D eigenvalue weighted by molar-refractivity contribution is 6.31. The van der Waals surface area contributed by atoms with Crippen LogP contribution < -0.4 is 5.32 Å². The number of halogens is 1. The molecule has 0 radical (unpaired) electrons. The molecule has 3 heteroatoms. The molecule has 0 bridgehead atoms. The Hall–Kier alpha value is -0.570. The molecular weight excluding hydrogens is 234 g/mol. The lowest BCUT2D eigenvalue weighted by Crippen LogP contribution is -2.16. The third kappa shape index (κ3) is 5.07. The van der Waals surface area contributed by atoms with Gasteiger partial charge in [-0.1, -0.05) is 29.8 Å². The van der Waals surface area contributed by atoms with Gasteiger partial charge >= 0.3 is 0 Å². The fraction of sp³-hybridized carbons (Fsp3) is 0.571. The minimum atomic E-state index is 0.836. The predicted molar refractivity (Wildman–Crippen MR) is 71.3 cm³/mol. The van der Waals surface area contributed by atoms with E-state index in [0.717, 1.165) is 49.2 Å². The quantitative estimate of drug-likeness (QED) is 0.718. The van der Waals surface area contributed by atoms with Gasteiger partial charge in [0.2, 0.25) is 0 Å². The molecule has 94 valence electrons. The van der Waals surface area contributed by atoms with Crippen molar-refractivity contribution >= 4 is 11.6 Å². The van der Waals surface area contributed by atoms with Gasteiger partial charge in [0.05, 0.1) is 0 Å². The zero-order valence-electron chi connectivity index (χ0n) is 10.1. The topological polar surface area (TPSA) is 21.3 Å². The molecule has 2 rings (SSSR count). The Morgan fingerprint density at radius 1 is 1.29 bits per heavy atom. The molecule has 0 aromatic heterocycles. The summed E-state index contributed by atoms with van der Waals surface area (Å²) in [6, 6.07) is 7.95. The van der Waals surface area contributed by atoms with Crippen molar-refractivity contribution in [1.29, 1.82) is 0 Å². The van der Waals surface area contributed by atoms with Crippen LogP contribution in [0, 0.1) is 5.92 Å². The second-order valence-electron chi connectivity index (χ2n) is 4.64. The normalized spacial score (nSPS) is 15.1. The van der Waals surface area contributed by atoms with Gasteiger partial charge < -0.3 is 10.1 Å². The molecule has 1 aliphatic carbocycles. The van der Waals surface area contributed by atoms with Gasteiger partial charge in [0, 0.05) is 24.8 Å². The van der Waals surface area contributed by atoms with E-state index in [1.807, 2.05) is 18.2 Å². The summed E-state index contributed by atoms with van der Waals surface area (Å²) in [5.74, 6) is 0.867. The summed E-state index contributed by atoms with van der Waals surface area (Å²) in [5.41, 5.74) is 1.16. The first-order valence-electron chi connectivity index (χ1n) is 6.38. The van der Waals surface area contributed by atoms with Crippen molar-refractivity contribution in [1.82, 2.24) is 5.32 Å². The molecule has 0 saturated heterocycles. The fourth-order valence-corrected chi connectivity index (χ4v) is 1.90. The van der Waals surface area contributed by atoms with Crippen LogP contribution >= 0.6 is 11.6 Å². The zero-order valence-corrected chi connectivity index (χ0v) is 10.9. The van der Waals surface area contributed by atoms with Crippen molar-refractivity contribution in [3.05, 3.63) is 34.9 Å². The molecular formula is C14H20ClNO. The van der Waals surface area contributed by atoms with Gasteiger partial charge in [-0.15, -0.1) is 0 Å². The second kappa shape index (κ2) is 7.00. The average molecular weight is 254 g/mol. The van der Waals surface area contributed by atoms with Crippen LogP contribution in [0.1, 0.15) is 24.8 Å². The number of hydrogen-bond donors (Lipinski definition) is 1. The molecule has 0 atom stereocenters. The van der Waals surface area contributed by atoms with Gasteiger partial charge in [-0.3, -0.25) is 0 Å². The van der Waals surface area contributed by atoms with Crippen molar-refractivity contribution in [2.24, 2.45) is 5.92 Å². The Kier molecular flexibility index (Phi) is 5.30. The number of nitrogens with one attached hydrogen (secondary N) is 1. The monoisotopic (exact) mass is 253 g/mol. The molecule has 1 aromatic rings.